The molecule has 0 N–H and O–H groups in total. The third kappa shape index (κ3) is 7.09. The van der Waals surface area contributed by atoms with Crippen molar-refractivity contribution in [3.8, 4) is 11.1 Å². The molecule has 0 atom stereocenters. The highest BCUT2D eigenvalue weighted by Gasteiger charge is 2.42. The Morgan fingerprint density at radius 2 is 0.976 bits per heavy atom. The number of hydrogen-bond donors (Lipinski definition) is 0. The number of fused-ring (bicyclic) bond motifs is 3. The van der Waals surface area contributed by atoms with E-state index in [0.717, 1.165) is 78.5 Å². The van der Waals surface area contributed by atoms with Crippen LogP contribution in [0.25, 0.3) is 11.1 Å². The summed E-state index contributed by atoms with van der Waals surface area (Å²) >= 11 is 0. The molecular formula is C37H54O4. The highest BCUT2D eigenvalue weighted by atomic mass is 16.5. The van der Waals surface area contributed by atoms with Crippen molar-refractivity contribution in [1.29, 1.82) is 0 Å². The first-order valence-corrected chi connectivity index (χ1v) is 16.7. The van der Waals surface area contributed by atoms with Gasteiger partial charge in [0.05, 0.1) is 39.6 Å². The van der Waals surface area contributed by atoms with Crippen LogP contribution < -0.4 is 0 Å². The molecule has 5 rings (SSSR count). The van der Waals surface area contributed by atoms with Crippen molar-refractivity contribution < 1.29 is 18.9 Å². The Morgan fingerprint density at radius 3 is 1.37 bits per heavy atom. The molecule has 2 aromatic rings. The van der Waals surface area contributed by atoms with Gasteiger partial charge in [-0.25, -0.2) is 0 Å². The Morgan fingerprint density at radius 1 is 0.561 bits per heavy atom. The molecule has 2 saturated heterocycles. The maximum atomic E-state index is 6.06. The molecule has 2 fully saturated rings. The van der Waals surface area contributed by atoms with Crippen LogP contribution >= 0.6 is 0 Å². The predicted octanol–water partition coefficient (Wildman–Crippen LogP) is 8.74. The zero-order chi connectivity index (χ0) is 28.4. The highest BCUT2D eigenvalue weighted by Crippen LogP contribution is 2.54. The second-order valence-electron chi connectivity index (χ2n) is 13.3. The van der Waals surface area contributed by atoms with Gasteiger partial charge >= 0.3 is 0 Å². The van der Waals surface area contributed by atoms with Gasteiger partial charge in [0.1, 0.15) is 0 Å². The number of benzene rings is 2. The average Bonchev–Trinajstić information content (AvgIpc) is 3.24. The van der Waals surface area contributed by atoms with E-state index in [1.807, 2.05) is 0 Å². The molecular weight excluding hydrogens is 508 g/mol. The van der Waals surface area contributed by atoms with Gasteiger partial charge in [0.2, 0.25) is 0 Å². The largest absolute Gasteiger partial charge is 0.381 e. The van der Waals surface area contributed by atoms with Gasteiger partial charge < -0.3 is 18.9 Å². The quantitative estimate of drug-likeness (QED) is 0.151. The van der Waals surface area contributed by atoms with Gasteiger partial charge in [0.15, 0.2) is 0 Å². The summed E-state index contributed by atoms with van der Waals surface area (Å²) in [5, 5.41) is 0. The van der Waals surface area contributed by atoms with E-state index in [0.29, 0.717) is 10.8 Å². The van der Waals surface area contributed by atoms with Crippen LogP contribution in [0.1, 0.15) is 102 Å². The summed E-state index contributed by atoms with van der Waals surface area (Å²) in [7, 11) is 0. The third-order valence-corrected chi connectivity index (χ3v) is 10.4. The Kier molecular flexibility index (Phi) is 11.0. The van der Waals surface area contributed by atoms with Gasteiger partial charge in [-0.05, 0) is 60.8 Å². The van der Waals surface area contributed by atoms with Crippen LogP contribution in [-0.2, 0) is 24.4 Å². The van der Waals surface area contributed by atoms with Crippen molar-refractivity contribution in [2.45, 2.75) is 96.3 Å². The topological polar surface area (TPSA) is 36.9 Å². The summed E-state index contributed by atoms with van der Waals surface area (Å²) in [4.78, 5) is 0. The standard InChI is InChI=1S/C37H54O4/c1-3-35(27-40-28-35)25-38-23-15-7-5-13-21-37(22-14-6-8-16-24-39-26-36(4-2)29-41-30-36)33-19-11-9-17-31(33)32-18-10-12-20-34(32)37/h9-12,17-20H,3-8,13-16,21-30H2,1-2H3. The van der Waals surface area contributed by atoms with Crippen molar-refractivity contribution in [3.63, 3.8) is 0 Å². The Balaban J connectivity index is 1.09. The van der Waals surface area contributed by atoms with E-state index in [9.17, 15) is 0 Å². The number of unbranched alkanes of at least 4 members (excludes halogenated alkanes) is 6. The molecule has 0 aromatic heterocycles. The zero-order valence-corrected chi connectivity index (χ0v) is 25.9. The maximum absolute atomic E-state index is 6.06. The molecule has 0 radical (unpaired) electrons. The molecule has 4 heteroatoms. The molecule has 0 saturated carbocycles. The molecule has 226 valence electrons. The highest BCUT2D eigenvalue weighted by molar-refractivity contribution is 5.80. The lowest BCUT2D eigenvalue weighted by atomic mass is 9.70. The zero-order valence-electron chi connectivity index (χ0n) is 25.9. The summed E-state index contributed by atoms with van der Waals surface area (Å²) in [6.45, 7) is 11.5. The van der Waals surface area contributed by atoms with Crippen LogP contribution in [-0.4, -0.2) is 52.9 Å². The van der Waals surface area contributed by atoms with Crippen LogP contribution in [0.15, 0.2) is 48.5 Å². The summed E-state index contributed by atoms with van der Waals surface area (Å²) in [6.07, 6.45) is 14.7. The summed E-state index contributed by atoms with van der Waals surface area (Å²) in [5.41, 5.74) is 6.79. The molecule has 0 spiro atoms. The molecule has 41 heavy (non-hydrogen) atoms. The van der Waals surface area contributed by atoms with Crippen molar-refractivity contribution >= 4 is 0 Å². The van der Waals surface area contributed by atoms with Crippen LogP contribution in [0.5, 0.6) is 0 Å². The first-order chi connectivity index (χ1) is 20.2. The van der Waals surface area contributed by atoms with E-state index in [-0.39, 0.29) is 5.41 Å². The van der Waals surface area contributed by atoms with Crippen molar-refractivity contribution in [2.75, 3.05) is 52.9 Å². The second kappa shape index (κ2) is 14.6. The minimum atomic E-state index is 0.148. The van der Waals surface area contributed by atoms with Crippen molar-refractivity contribution in [1.82, 2.24) is 0 Å². The normalized spacial score (nSPS) is 19.3. The fourth-order valence-corrected chi connectivity index (χ4v) is 7.19. The minimum absolute atomic E-state index is 0.148. The molecule has 3 aliphatic rings. The summed E-state index contributed by atoms with van der Waals surface area (Å²) < 4.78 is 23.0. The molecule has 2 aromatic carbocycles. The third-order valence-electron chi connectivity index (χ3n) is 10.4. The van der Waals surface area contributed by atoms with E-state index in [1.165, 1.54) is 62.5 Å². The maximum Gasteiger partial charge on any atom is 0.0566 e. The fourth-order valence-electron chi connectivity index (χ4n) is 7.19. The lowest BCUT2D eigenvalue weighted by Gasteiger charge is -2.40. The Hall–Kier alpha value is -1.72. The van der Waals surface area contributed by atoms with E-state index in [2.05, 4.69) is 62.4 Å². The van der Waals surface area contributed by atoms with E-state index in [4.69, 9.17) is 18.9 Å². The minimum Gasteiger partial charge on any atom is -0.381 e. The van der Waals surface area contributed by atoms with E-state index in [1.54, 1.807) is 11.1 Å². The van der Waals surface area contributed by atoms with Gasteiger partial charge in [-0.2, -0.15) is 0 Å². The average molecular weight is 563 g/mol. The smallest absolute Gasteiger partial charge is 0.0566 e. The first-order valence-electron chi connectivity index (χ1n) is 16.7. The van der Waals surface area contributed by atoms with Gasteiger partial charge in [0.25, 0.3) is 0 Å². The monoisotopic (exact) mass is 562 g/mol. The van der Waals surface area contributed by atoms with Gasteiger partial charge in [0, 0.05) is 29.5 Å². The summed E-state index contributed by atoms with van der Waals surface area (Å²) in [5.74, 6) is 0. The van der Waals surface area contributed by atoms with Crippen LogP contribution in [0.3, 0.4) is 0 Å². The van der Waals surface area contributed by atoms with E-state index >= 15 is 0 Å². The van der Waals surface area contributed by atoms with Crippen molar-refractivity contribution in [2.24, 2.45) is 10.8 Å². The van der Waals surface area contributed by atoms with Gasteiger partial charge in [-0.1, -0.05) is 101 Å². The van der Waals surface area contributed by atoms with Crippen molar-refractivity contribution in [3.05, 3.63) is 59.7 Å². The van der Waals surface area contributed by atoms with Crippen LogP contribution in [0.2, 0.25) is 0 Å². The van der Waals surface area contributed by atoms with Gasteiger partial charge in [-0.3, -0.25) is 0 Å². The molecule has 2 aliphatic heterocycles. The lowest BCUT2D eigenvalue weighted by molar-refractivity contribution is -0.150. The molecule has 1 aliphatic carbocycles. The SMILES string of the molecule is CCC1(COCCCCCCC2(CCCCCCOCC3(CC)COC3)c3ccccc3-c3ccccc32)COC1. The van der Waals surface area contributed by atoms with Crippen LogP contribution in [0.4, 0.5) is 0 Å². The number of rotatable bonds is 20. The second-order valence-corrected chi connectivity index (χ2v) is 13.3. The lowest BCUT2D eigenvalue weighted by Crippen LogP contribution is -2.45. The number of ether oxygens (including phenoxy) is 4. The molecule has 4 nitrogen and oxygen atoms in total. The molecule has 2 heterocycles. The Bertz CT molecular complexity index is 974. The molecule has 0 amide bonds. The van der Waals surface area contributed by atoms with Crippen LogP contribution in [0, 0.1) is 10.8 Å². The molecule has 0 bridgehead atoms. The predicted molar refractivity (Wildman–Crippen MR) is 168 cm³/mol. The fraction of sp³-hybridized carbons (Fsp3) is 0.676. The van der Waals surface area contributed by atoms with E-state index < -0.39 is 0 Å². The molecule has 0 unspecified atom stereocenters. The number of hydrogen-bond acceptors (Lipinski definition) is 4. The summed E-state index contributed by atoms with van der Waals surface area (Å²) in [6, 6.07) is 18.4. The van der Waals surface area contributed by atoms with Gasteiger partial charge in [-0.15, -0.1) is 0 Å². The first kappa shape index (κ1) is 30.7. The Labute approximate surface area is 249 Å².